The number of nitrogens with zero attached hydrogens (tertiary/aromatic N) is 1. The number of rotatable bonds is 2. The van der Waals surface area contributed by atoms with Gasteiger partial charge in [0.25, 0.3) is 0 Å². The van der Waals surface area contributed by atoms with Crippen LogP contribution in [0.1, 0.15) is 85.7 Å². The molecule has 2 rings (SSSR count). The second-order valence-electron chi connectivity index (χ2n) is 11.1. The van der Waals surface area contributed by atoms with Crippen molar-refractivity contribution in [2.24, 2.45) is 23.2 Å². The predicted octanol–water partition coefficient (Wildman–Crippen LogP) is 4.62. The van der Waals surface area contributed by atoms with Crippen LogP contribution in [-0.2, 0) is 9.59 Å². The molecule has 0 aromatic carbocycles. The van der Waals surface area contributed by atoms with E-state index in [1.54, 1.807) is 34.0 Å². The lowest BCUT2D eigenvalue weighted by Crippen LogP contribution is -2.48. The first-order valence-corrected chi connectivity index (χ1v) is 12.7. The molecule has 0 spiro atoms. The van der Waals surface area contributed by atoms with Crippen LogP contribution in [-0.4, -0.2) is 45.1 Å². The first kappa shape index (κ1) is 29.0. The van der Waals surface area contributed by atoms with Gasteiger partial charge in [0.15, 0.2) is 5.89 Å². The maximum Gasteiger partial charge on any atom is 0.223 e. The number of aliphatic hydroxyl groups is 2. The Morgan fingerprint density at radius 2 is 1.86 bits per heavy atom. The molecular weight excluding hydrogens is 444 g/mol. The summed E-state index contributed by atoms with van der Waals surface area (Å²) in [6, 6.07) is -0.312. The summed E-state index contributed by atoms with van der Waals surface area (Å²) in [5, 5.41) is 24.8. The largest absolute Gasteiger partial charge is 0.449 e. The molecule has 1 amide bonds. The number of amides is 1. The van der Waals surface area contributed by atoms with Crippen molar-refractivity contribution in [2.75, 3.05) is 0 Å². The van der Waals surface area contributed by atoms with Gasteiger partial charge < -0.3 is 19.9 Å². The third-order valence-electron chi connectivity index (χ3n) is 7.48. The summed E-state index contributed by atoms with van der Waals surface area (Å²) in [4.78, 5) is 30.6. The molecule has 2 heterocycles. The fourth-order valence-corrected chi connectivity index (χ4v) is 4.99. The van der Waals surface area contributed by atoms with Gasteiger partial charge in [-0.25, -0.2) is 4.98 Å². The Balaban J connectivity index is 2.40. The number of aryl methyl sites for hydroxylation is 1. The van der Waals surface area contributed by atoms with E-state index in [2.05, 4.69) is 30.2 Å². The standard InChI is InChI=1S/C28H44N2O5/c1-16-10-9-11-17(2)26(33)20(5)27(34)28(7,8)23(31)14-24(32)30-25(18(3)12-16)19(4)13-22-15-35-21(6)29-22/h12-13,15,17-18,20,23,25-26,31,33H,9-11,14H2,1-8H3,(H,30,32)/b16-12-,19-13+/t17-,18-,20+,23-,25-,26-/m0/s1. The van der Waals surface area contributed by atoms with Gasteiger partial charge in [-0.3, -0.25) is 9.59 Å². The Morgan fingerprint density at radius 3 is 2.46 bits per heavy atom. The van der Waals surface area contributed by atoms with E-state index in [9.17, 15) is 19.8 Å². The van der Waals surface area contributed by atoms with E-state index in [0.717, 1.165) is 24.8 Å². The minimum Gasteiger partial charge on any atom is -0.449 e. The van der Waals surface area contributed by atoms with Gasteiger partial charge in [-0.05, 0) is 56.6 Å². The van der Waals surface area contributed by atoms with Crippen LogP contribution in [0.3, 0.4) is 0 Å². The number of Topliss-reactive ketones (excluding diaryl/α,β-unsaturated/α-hetero) is 1. The van der Waals surface area contributed by atoms with E-state index in [-0.39, 0.29) is 36.0 Å². The summed E-state index contributed by atoms with van der Waals surface area (Å²) >= 11 is 0. The Bertz CT molecular complexity index is 945. The molecule has 0 unspecified atom stereocenters. The number of nitrogens with one attached hydrogen (secondary N) is 1. The molecule has 3 N–H and O–H groups in total. The number of aliphatic hydroxyl groups excluding tert-OH is 2. The van der Waals surface area contributed by atoms with Crippen LogP contribution in [0.5, 0.6) is 0 Å². The molecular formula is C28H44N2O5. The van der Waals surface area contributed by atoms with Gasteiger partial charge in [-0.2, -0.15) is 0 Å². The molecule has 1 aromatic rings. The molecule has 1 aromatic heterocycles. The first-order chi connectivity index (χ1) is 16.2. The topological polar surface area (TPSA) is 113 Å². The van der Waals surface area contributed by atoms with Crippen molar-refractivity contribution in [3.05, 3.63) is 35.1 Å². The highest BCUT2D eigenvalue weighted by Gasteiger charge is 2.42. The van der Waals surface area contributed by atoms with Crippen molar-refractivity contribution in [1.82, 2.24) is 10.3 Å². The van der Waals surface area contributed by atoms with E-state index in [1.807, 2.05) is 19.9 Å². The van der Waals surface area contributed by atoms with E-state index in [4.69, 9.17) is 4.42 Å². The number of carbonyl (C=O) groups excluding carboxylic acids is 2. The molecule has 1 aliphatic heterocycles. The molecule has 1 aliphatic rings. The van der Waals surface area contributed by atoms with Crippen LogP contribution in [0.2, 0.25) is 0 Å². The lowest BCUT2D eigenvalue weighted by molar-refractivity contribution is -0.143. The Hall–Kier alpha value is -2.25. The first-order valence-electron chi connectivity index (χ1n) is 12.7. The number of ketones is 1. The van der Waals surface area contributed by atoms with Crippen molar-refractivity contribution < 1.29 is 24.2 Å². The number of hydrogen-bond donors (Lipinski definition) is 3. The van der Waals surface area contributed by atoms with Crippen LogP contribution in [0, 0.1) is 30.1 Å². The fraction of sp³-hybridized carbons (Fsp3) is 0.679. The van der Waals surface area contributed by atoms with Crippen molar-refractivity contribution in [1.29, 1.82) is 0 Å². The number of aromatic nitrogens is 1. The minimum absolute atomic E-state index is 0.00840. The number of hydrogen-bond acceptors (Lipinski definition) is 6. The van der Waals surface area contributed by atoms with Crippen LogP contribution in [0.25, 0.3) is 6.08 Å². The zero-order chi connectivity index (χ0) is 26.5. The van der Waals surface area contributed by atoms with Gasteiger partial charge in [0.1, 0.15) is 17.7 Å². The molecule has 0 saturated carbocycles. The molecule has 0 radical (unpaired) electrons. The minimum atomic E-state index is -1.18. The SMILES string of the molecule is C/C1=C/[C@H](C)[C@@H](/C(C)=C/c2coc(C)n2)NC(=O)C[C@H](O)C(C)(C)C(=O)[C@H](C)[C@@H](O)[C@@H](C)CCC1. The summed E-state index contributed by atoms with van der Waals surface area (Å²) in [5.74, 6) is -0.690. The van der Waals surface area contributed by atoms with Gasteiger partial charge in [0.2, 0.25) is 5.91 Å². The highest BCUT2D eigenvalue weighted by atomic mass is 16.3. The number of oxazole rings is 1. The Morgan fingerprint density at radius 1 is 1.20 bits per heavy atom. The third kappa shape index (κ3) is 7.61. The maximum atomic E-state index is 13.2. The predicted molar refractivity (Wildman–Crippen MR) is 137 cm³/mol. The van der Waals surface area contributed by atoms with Gasteiger partial charge in [0, 0.05) is 12.8 Å². The van der Waals surface area contributed by atoms with Gasteiger partial charge in [-0.15, -0.1) is 0 Å². The smallest absolute Gasteiger partial charge is 0.223 e. The normalized spacial score (nSPS) is 33.7. The third-order valence-corrected chi connectivity index (χ3v) is 7.48. The molecule has 6 atom stereocenters. The molecule has 7 heteroatoms. The van der Waals surface area contributed by atoms with Crippen molar-refractivity contribution >= 4 is 17.8 Å². The van der Waals surface area contributed by atoms with E-state index in [0.29, 0.717) is 11.6 Å². The molecule has 7 nitrogen and oxygen atoms in total. The monoisotopic (exact) mass is 488 g/mol. The molecule has 196 valence electrons. The zero-order valence-electron chi connectivity index (χ0n) is 22.6. The second-order valence-corrected chi connectivity index (χ2v) is 11.1. The van der Waals surface area contributed by atoms with Crippen LogP contribution < -0.4 is 5.32 Å². The summed E-state index contributed by atoms with van der Waals surface area (Å²) in [6.07, 6.45) is 6.04. The van der Waals surface area contributed by atoms with E-state index >= 15 is 0 Å². The average Bonchev–Trinajstić information content (AvgIpc) is 3.19. The summed E-state index contributed by atoms with van der Waals surface area (Å²) in [6.45, 7) is 14.8. The highest BCUT2D eigenvalue weighted by molar-refractivity contribution is 5.88. The van der Waals surface area contributed by atoms with Gasteiger partial charge in [-0.1, -0.05) is 46.3 Å². The maximum absolute atomic E-state index is 13.2. The van der Waals surface area contributed by atoms with E-state index in [1.165, 1.54) is 5.57 Å². The molecule has 35 heavy (non-hydrogen) atoms. The molecule has 0 aliphatic carbocycles. The highest BCUT2D eigenvalue weighted by Crippen LogP contribution is 2.32. The lowest BCUT2D eigenvalue weighted by atomic mass is 9.73. The number of allylic oxidation sites excluding steroid dienone is 1. The Labute approximate surface area is 210 Å². The van der Waals surface area contributed by atoms with Crippen LogP contribution in [0.15, 0.2) is 27.9 Å². The zero-order valence-corrected chi connectivity index (χ0v) is 22.6. The molecule has 0 saturated heterocycles. The summed E-state index contributed by atoms with van der Waals surface area (Å²) in [7, 11) is 0. The van der Waals surface area contributed by atoms with Crippen molar-refractivity contribution in [3.63, 3.8) is 0 Å². The van der Waals surface area contributed by atoms with E-state index < -0.39 is 23.5 Å². The van der Waals surface area contributed by atoms with Crippen molar-refractivity contribution in [2.45, 2.75) is 99.3 Å². The van der Waals surface area contributed by atoms with Gasteiger partial charge in [0.05, 0.1) is 30.1 Å². The summed E-state index contributed by atoms with van der Waals surface area (Å²) < 4.78 is 5.31. The van der Waals surface area contributed by atoms with Gasteiger partial charge >= 0.3 is 0 Å². The lowest BCUT2D eigenvalue weighted by Gasteiger charge is -2.35. The second kappa shape index (κ2) is 12.1. The fourth-order valence-electron chi connectivity index (χ4n) is 4.99. The van der Waals surface area contributed by atoms with Crippen LogP contribution >= 0.6 is 0 Å². The molecule has 0 bridgehead atoms. The Kier molecular flexibility index (Phi) is 10.0. The average molecular weight is 489 g/mol. The van der Waals surface area contributed by atoms with Crippen LogP contribution in [0.4, 0.5) is 0 Å². The molecule has 0 fully saturated rings. The summed E-state index contributed by atoms with van der Waals surface area (Å²) in [5.41, 5.74) is 1.64. The quantitative estimate of drug-likeness (QED) is 0.524. The number of carbonyl (C=O) groups is 2. The van der Waals surface area contributed by atoms with Crippen molar-refractivity contribution in [3.8, 4) is 0 Å².